The summed E-state index contributed by atoms with van der Waals surface area (Å²) < 4.78 is 10.6. The van der Waals surface area contributed by atoms with E-state index in [1.165, 1.54) is 6.08 Å². The molecule has 0 N–H and O–H groups in total. The first-order chi connectivity index (χ1) is 6.08. The van der Waals surface area contributed by atoms with Gasteiger partial charge in [-0.05, 0) is 19.5 Å². The number of carbonyl (C=O) groups is 1. The second-order valence-corrected chi connectivity index (χ2v) is 7.23. The van der Waals surface area contributed by atoms with E-state index in [2.05, 4.69) is 20.0 Å². The smallest absolute Gasteiger partial charge is 0.329 e. The van der Waals surface area contributed by atoms with Crippen molar-refractivity contribution in [3.8, 4) is 0 Å². The van der Waals surface area contributed by atoms with Crippen LogP contribution in [-0.4, -0.2) is 27.1 Å². The lowest BCUT2D eigenvalue weighted by Gasteiger charge is -2.24. The van der Waals surface area contributed by atoms with Gasteiger partial charge in [-0.2, -0.15) is 0 Å². The standard InChI is InChI=1S/C9H18O3Si/c1-5-9(10)11-8-13(4,7-3)12-6-2/h5H,1,6-8H2,2-4H3. The van der Waals surface area contributed by atoms with Crippen LogP contribution >= 0.6 is 0 Å². The summed E-state index contributed by atoms with van der Waals surface area (Å²) in [5, 5.41) is 0. The fraction of sp³-hybridized carbons (Fsp3) is 0.667. The van der Waals surface area contributed by atoms with Crippen molar-refractivity contribution < 1.29 is 14.0 Å². The minimum absolute atomic E-state index is 0.369. The molecule has 0 aliphatic rings. The van der Waals surface area contributed by atoms with Crippen molar-refractivity contribution in [1.82, 2.24) is 0 Å². The van der Waals surface area contributed by atoms with E-state index in [-0.39, 0.29) is 5.97 Å². The van der Waals surface area contributed by atoms with Crippen molar-refractivity contribution in [2.45, 2.75) is 26.4 Å². The molecule has 4 heteroatoms. The van der Waals surface area contributed by atoms with Gasteiger partial charge in [-0.15, -0.1) is 0 Å². The van der Waals surface area contributed by atoms with Crippen LogP contribution in [0, 0.1) is 0 Å². The van der Waals surface area contributed by atoms with Crippen molar-refractivity contribution in [3.05, 3.63) is 12.7 Å². The van der Waals surface area contributed by atoms with Crippen LogP contribution in [0.15, 0.2) is 12.7 Å². The van der Waals surface area contributed by atoms with Crippen LogP contribution in [-0.2, 0) is 14.0 Å². The summed E-state index contributed by atoms with van der Waals surface area (Å²) in [6.07, 6.45) is 1.60. The number of hydrogen-bond donors (Lipinski definition) is 0. The van der Waals surface area contributed by atoms with Gasteiger partial charge in [-0.25, -0.2) is 4.79 Å². The lowest BCUT2D eigenvalue weighted by Crippen LogP contribution is -2.40. The first-order valence-electron chi connectivity index (χ1n) is 4.51. The Hall–Kier alpha value is -0.613. The summed E-state index contributed by atoms with van der Waals surface area (Å²) in [7, 11) is -1.79. The van der Waals surface area contributed by atoms with E-state index >= 15 is 0 Å². The summed E-state index contributed by atoms with van der Waals surface area (Å²) in [5.74, 6) is -0.369. The van der Waals surface area contributed by atoms with Crippen LogP contribution in [0.3, 0.4) is 0 Å². The third kappa shape index (κ3) is 4.85. The first kappa shape index (κ1) is 12.4. The number of ether oxygens (including phenoxy) is 1. The number of carbonyl (C=O) groups excluding carboxylic acids is 1. The highest BCUT2D eigenvalue weighted by Gasteiger charge is 2.28. The second-order valence-electron chi connectivity index (χ2n) is 3.05. The van der Waals surface area contributed by atoms with Crippen LogP contribution in [0.4, 0.5) is 0 Å². The van der Waals surface area contributed by atoms with Gasteiger partial charge in [0.15, 0.2) is 0 Å². The monoisotopic (exact) mass is 202 g/mol. The summed E-state index contributed by atoms with van der Waals surface area (Å²) in [5.41, 5.74) is 0. The van der Waals surface area contributed by atoms with E-state index in [1.807, 2.05) is 6.92 Å². The van der Waals surface area contributed by atoms with Crippen LogP contribution < -0.4 is 0 Å². The Kier molecular flexibility index (Phi) is 5.66. The zero-order valence-corrected chi connectivity index (χ0v) is 9.63. The lowest BCUT2D eigenvalue weighted by atomic mass is 10.7. The number of esters is 1. The molecule has 76 valence electrons. The molecule has 0 radical (unpaired) electrons. The van der Waals surface area contributed by atoms with Gasteiger partial charge < -0.3 is 9.16 Å². The largest absolute Gasteiger partial charge is 0.463 e. The first-order valence-corrected chi connectivity index (χ1v) is 7.33. The molecule has 0 fully saturated rings. The van der Waals surface area contributed by atoms with Crippen LogP contribution in [0.5, 0.6) is 0 Å². The second kappa shape index (κ2) is 5.94. The fourth-order valence-electron chi connectivity index (χ4n) is 0.877. The molecule has 0 amide bonds. The van der Waals surface area contributed by atoms with Crippen molar-refractivity contribution in [3.63, 3.8) is 0 Å². The van der Waals surface area contributed by atoms with Gasteiger partial charge in [0.1, 0.15) is 6.23 Å². The van der Waals surface area contributed by atoms with E-state index in [4.69, 9.17) is 9.16 Å². The van der Waals surface area contributed by atoms with Gasteiger partial charge in [0.2, 0.25) is 8.32 Å². The Morgan fingerprint density at radius 3 is 2.54 bits per heavy atom. The van der Waals surface area contributed by atoms with Gasteiger partial charge in [0.25, 0.3) is 0 Å². The van der Waals surface area contributed by atoms with Gasteiger partial charge in [0, 0.05) is 12.7 Å². The zero-order valence-electron chi connectivity index (χ0n) is 8.63. The molecule has 1 atom stereocenters. The minimum Gasteiger partial charge on any atom is -0.463 e. The van der Waals surface area contributed by atoms with E-state index in [1.54, 1.807) is 0 Å². The molecule has 0 saturated carbocycles. The molecule has 0 bridgehead atoms. The predicted molar refractivity (Wildman–Crippen MR) is 54.9 cm³/mol. The van der Waals surface area contributed by atoms with Gasteiger partial charge in [-0.1, -0.05) is 13.5 Å². The maximum atomic E-state index is 10.8. The molecule has 13 heavy (non-hydrogen) atoms. The Morgan fingerprint density at radius 1 is 1.54 bits per heavy atom. The molecule has 0 heterocycles. The van der Waals surface area contributed by atoms with Crippen LogP contribution in [0.2, 0.25) is 12.6 Å². The average molecular weight is 202 g/mol. The van der Waals surface area contributed by atoms with Crippen molar-refractivity contribution in [1.29, 1.82) is 0 Å². The summed E-state index contributed by atoms with van der Waals surface area (Å²) in [6, 6.07) is 0.950. The van der Waals surface area contributed by atoms with E-state index < -0.39 is 8.32 Å². The average Bonchev–Trinajstić information content (AvgIpc) is 2.15. The Balaban J connectivity index is 3.96. The van der Waals surface area contributed by atoms with Crippen molar-refractivity contribution >= 4 is 14.3 Å². The molecule has 0 aromatic carbocycles. The predicted octanol–water partition coefficient (Wildman–Crippen LogP) is 1.89. The molecular weight excluding hydrogens is 184 g/mol. The molecule has 0 aromatic rings. The molecule has 0 aromatic heterocycles. The molecule has 0 aliphatic heterocycles. The van der Waals surface area contributed by atoms with Gasteiger partial charge in [-0.3, -0.25) is 0 Å². The summed E-state index contributed by atoms with van der Waals surface area (Å²) >= 11 is 0. The van der Waals surface area contributed by atoms with Gasteiger partial charge in [0.05, 0.1) is 0 Å². The quantitative estimate of drug-likeness (QED) is 0.375. The van der Waals surface area contributed by atoms with Crippen molar-refractivity contribution in [2.24, 2.45) is 0 Å². The molecule has 0 saturated heterocycles. The highest BCUT2D eigenvalue weighted by Crippen LogP contribution is 2.11. The SMILES string of the molecule is C=CC(=O)OC[Si](C)(CC)OCC. The van der Waals surface area contributed by atoms with E-state index in [0.717, 1.165) is 6.04 Å². The van der Waals surface area contributed by atoms with Crippen LogP contribution in [0.1, 0.15) is 13.8 Å². The Bertz CT molecular complexity index is 182. The summed E-state index contributed by atoms with van der Waals surface area (Å²) in [4.78, 5) is 10.8. The Morgan fingerprint density at radius 2 is 2.15 bits per heavy atom. The molecule has 0 spiro atoms. The van der Waals surface area contributed by atoms with E-state index in [9.17, 15) is 4.79 Å². The molecule has 3 nitrogen and oxygen atoms in total. The van der Waals surface area contributed by atoms with Crippen LogP contribution in [0.25, 0.3) is 0 Å². The fourth-order valence-corrected chi connectivity index (χ4v) is 2.51. The maximum Gasteiger partial charge on any atom is 0.329 e. The number of rotatable bonds is 6. The molecular formula is C9H18O3Si. The Labute approximate surface area is 80.9 Å². The molecule has 0 rings (SSSR count). The highest BCUT2D eigenvalue weighted by atomic mass is 28.4. The van der Waals surface area contributed by atoms with Gasteiger partial charge >= 0.3 is 5.97 Å². The summed E-state index contributed by atoms with van der Waals surface area (Å²) in [6.45, 7) is 10.1. The number of hydrogen-bond acceptors (Lipinski definition) is 3. The maximum absolute atomic E-state index is 10.8. The third-order valence-corrected chi connectivity index (χ3v) is 5.16. The normalized spacial score (nSPS) is 14.7. The molecule has 1 unspecified atom stereocenters. The lowest BCUT2D eigenvalue weighted by molar-refractivity contribution is -0.136. The van der Waals surface area contributed by atoms with Crippen molar-refractivity contribution in [2.75, 3.05) is 12.8 Å². The highest BCUT2D eigenvalue weighted by molar-refractivity contribution is 6.72. The molecule has 0 aliphatic carbocycles. The van der Waals surface area contributed by atoms with E-state index in [0.29, 0.717) is 12.8 Å². The third-order valence-electron chi connectivity index (χ3n) is 1.93. The zero-order chi connectivity index (χ0) is 10.3. The topological polar surface area (TPSA) is 35.5 Å². The minimum atomic E-state index is -1.79.